The first kappa shape index (κ1) is 16.6. The molecule has 25 heavy (non-hydrogen) atoms. The first-order chi connectivity index (χ1) is 12.1. The van der Waals surface area contributed by atoms with E-state index >= 15 is 0 Å². The summed E-state index contributed by atoms with van der Waals surface area (Å²) < 4.78 is 0. The lowest BCUT2D eigenvalue weighted by Gasteiger charge is -2.15. The maximum absolute atomic E-state index is 12.3. The third kappa shape index (κ3) is 3.56. The molecule has 7 heteroatoms. The van der Waals surface area contributed by atoms with Gasteiger partial charge in [0.1, 0.15) is 0 Å². The zero-order chi connectivity index (χ0) is 17.4. The Bertz CT molecular complexity index is 687. The lowest BCUT2D eigenvalue weighted by molar-refractivity contribution is -0.129. The molecule has 134 valence electrons. The third-order valence-electron chi connectivity index (χ3n) is 5.29. The van der Waals surface area contributed by atoms with Gasteiger partial charge < -0.3 is 4.90 Å². The van der Waals surface area contributed by atoms with E-state index in [9.17, 15) is 14.4 Å². The maximum atomic E-state index is 12.3. The molecule has 1 saturated heterocycles. The molecule has 3 aliphatic rings. The largest absolute Gasteiger partial charge is 0.339 e. The molecule has 6 nitrogen and oxygen atoms in total. The predicted molar refractivity (Wildman–Crippen MR) is 94.0 cm³/mol. The van der Waals surface area contributed by atoms with E-state index in [0.717, 1.165) is 25.7 Å². The third-order valence-corrected chi connectivity index (χ3v) is 6.52. The summed E-state index contributed by atoms with van der Waals surface area (Å²) in [6.45, 7) is 0.471. The molecule has 0 aromatic carbocycles. The van der Waals surface area contributed by atoms with Gasteiger partial charge in [0.25, 0.3) is 5.91 Å². The van der Waals surface area contributed by atoms with E-state index in [2.05, 4.69) is 10.9 Å². The summed E-state index contributed by atoms with van der Waals surface area (Å²) in [5, 5.41) is 0. The molecule has 2 aliphatic carbocycles. The van der Waals surface area contributed by atoms with Crippen molar-refractivity contribution in [3.8, 4) is 0 Å². The molecule has 4 rings (SSSR count). The first-order valence-corrected chi connectivity index (χ1v) is 9.94. The van der Waals surface area contributed by atoms with Crippen LogP contribution in [-0.4, -0.2) is 35.2 Å². The lowest BCUT2D eigenvalue weighted by Crippen LogP contribution is -2.45. The quantitative estimate of drug-likeness (QED) is 0.636. The number of amides is 3. The average molecular weight is 361 g/mol. The number of hydrazine groups is 1. The number of carbonyl (C=O) groups excluding carboxylic acids is 3. The number of fused-ring (bicyclic) bond motifs is 1. The fourth-order valence-corrected chi connectivity index (χ4v) is 4.86. The molecular weight excluding hydrogens is 338 g/mol. The highest BCUT2D eigenvalue weighted by Crippen LogP contribution is 2.32. The normalized spacial score (nSPS) is 23.1. The summed E-state index contributed by atoms with van der Waals surface area (Å²) in [5.74, 6) is -0.859. The number of nitrogens with one attached hydrogen (secondary N) is 2. The number of hydrogen-bond acceptors (Lipinski definition) is 4. The molecule has 0 radical (unpaired) electrons. The van der Waals surface area contributed by atoms with E-state index in [1.807, 2.05) is 11.0 Å². The second-order valence-corrected chi connectivity index (χ2v) is 8.38. The second kappa shape index (κ2) is 6.78. The Hall–Kier alpha value is -1.89. The Morgan fingerprint density at radius 3 is 2.72 bits per heavy atom. The molecule has 0 spiro atoms. The van der Waals surface area contributed by atoms with Gasteiger partial charge in [0, 0.05) is 23.9 Å². The zero-order valence-corrected chi connectivity index (χ0v) is 15.0. The Morgan fingerprint density at radius 1 is 1.12 bits per heavy atom. The van der Waals surface area contributed by atoms with Crippen LogP contribution < -0.4 is 10.9 Å². The molecule has 1 atom stereocenters. The van der Waals surface area contributed by atoms with Gasteiger partial charge in [0.2, 0.25) is 11.8 Å². The smallest absolute Gasteiger partial charge is 0.279 e. The van der Waals surface area contributed by atoms with Crippen molar-refractivity contribution in [3.63, 3.8) is 0 Å². The summed E-state index contributed by atoms with van der Waals surface area (Å²) in [7, 11) is 0. The number of aryl methyl sites for hydroxylation is 2. The lowest BCUT2D eigenvalue weighted by atomic mass is 10.1. The Balaban J connectivity index is 1.31. The summed E-state index contributed by atoms with van der Waals surface area (Å²) >= 11 is 1.53. The minimum Gasteiger partial charge on any atom is -0.339 e. The van der Waals surface area contributed by atoms with E-state index in [0.29, 0.717) is 17.5 Å². The Labute approximate surface area is 150 Å². The SMILES string of the molecule is O=C(NNC(=O)[C@H]1CC(=O)N(C2CC2)C1)c1cc2c(s1)CCCCC2. The van der Waals surface area contributed by atoms with E-state index in [-0.39, 0.29) is 30.1 Å². The highest BCUT2D eigenvalue weighted by Gasteiger charge is 2.41. The fourth-order valence-electron chi connectivity index (χ4n) is 3.71. The Kier molecular flexibility index (Phi) is 4.50. The molecule has 2 heterocycles. The van der Waals surface area contributed by atoms with Crippen LogP contribution in [0.2, 0.25) is 0 Å². The van der Waals surface area contributed by atoms with Crippen LogP contribution in [0.5, 0.6) is 0 Å². The molecular formula is C18H23N3O3S. The number of carbonyl (C=O) groups is 3. The van der Waals surface area contributed by atoms with Gasteiger partial charge >= 0.3 is 0 Å². The van der Waals surface area contributed by atoms with Crippen LogP contribution in [0.15, 0.2) is 6.07 Å². The number of nitrogens with zero attached hydrogens (tertiary/aromatic N) is 1. The first-order valence-electron chi connectivity index (χ1n) is 9.13. The monoisotopic (exact) mass is 361 g/mol. The molecule has 0 unspecified atom stereocenters. The van der Waals surface area contributed by atoms with Crippen LogP contribution in [0.1, 0.15) is 58.6 Å². The van der Waals surface area contributed by atoms with Crippen molar-refractivity contribution >= 4 is 29.1 Å². The molecule has 1 aromatic rings. The van der Waals surface area contributed by atoms with Crippen LogP contribution in [-0.2, 0) is 22.4 Å². The minimum atomic E-state index is -0.367. The summed E-state index contributed by atoms with van der Waals surface area (Å²) in [6.07, 6.45) is 8.00. The fraction of sp³-hybridized carbons (Fsp3) is 0.611. The number of likely N-dealkylation sites (tertiary alicyclic amines) is 1. The predicted octanol–water partition coefficient (Wildman–Crippen LogP) is 1.79. The van der Waals surface area contributed by atoms with Crippen molar-refractivity contribution in [1.29, 1.82) is 0 Å². The highest BCUT2D eigenvalue weighted by molar-refractivity contribution is 7.14. The van der Waals surface area contributed by atoms with E-state index in [4.69, 9.17) is 0 Å². The van der Waals surface area contributed by atoms with Crippen LogP contribution in [0, 0.1) is 5.92 Å². The number of rotatable bonds is 3. The second-order valence-electron chi connectivity index (χ2n) is 7.24. The number of hydrogen-bond donors (Lipinski definition) is 2. The van der Waals surface area contributed by atoms with E-state index < -0.39 is 0 Å². The van der Waals surface area contributed by atoms with Crippen LogP contribution in [0.4, 0.5) is 0 Å². The van der Waals surface area contributed by atoms with Crippen LogP contribution >= 0.6 is 11.3 Å². The molecule has 0 bridgehead atoms. The van der Waals surface area contributed by atoms with Crippen molar-refractivity contribution in [2.75, 3.05) is 6.54 Å². The van der Waals surface area contributed by atoms with E-state index in [1.165, 1.54) is 41.0 Å². The molecule has 1 aliphatic heterocycles. The van der Waals surface area contributed by atoms with Gasteiger partial charge in [-0.25, -0.2) is 0 Å². The van der Waals surface area contributed by atoms with Gasteiger partial charge in [-0.15, -0.1) is 11.3 Å². The summed E-state index contributed by atoms with van der Waals surface area (Å²) in [4.78, 5) is 40.3. The minimum absolute atomic E-state index is 0.0518. The maximum Gasteiger partial charge on any atom is 0.279 e. The Morgan fingerprint density at radius 2 is 1.92 bits per heavy atom. The van der Waals surface area contributed by atoms with Crippen molar-refractivity contribution in [3.05, 3.63) is 21.4 Å². The van der Waals surface area contributed by atoms with Crippen molar-refractivity contribution in [1.82, 2.24) is 15.8 Å². The van der Waals surface area contributed by atoms with Gasteiger partial charge in [-0.2, -0.15) is 0 Å². The number of thiophene rings is 1. The molecule has 2 N–H and O–H groups in total. The average Bonchev–Trinajstić information content (AvgIpc) is 3.31. The van der Waals surface area contributed by atoms with Gasteiger partial charge in [0.05, 0.1) is 10.8 Å². The molecule has 2 fully saturated rings. The standard InChI is InChI=1S/C18H23N3O3S/c22-16-9-12(10-21(16)13-6-7-13)17(23)19-20-18(24)15-8-11-4-2-1-3-5-14(11)25-15/h8,12-13H,1-7,9-10H2,(H,19,23)(H,20,24)/t12-/m0/s1. The molecule has 3 amide bonds. The molecule has 1 aromatic heterocycles. The van der Waals surface area contributed by atoms with Crippen molar-refractivity contribution < 1.29 is 14.4 Å². The van der Waals surface area contributed by atoms with Gasteiger partial charge in [-0.05, 0) is 50.2 Å². The van der Waals surface area contributed by atoms with Gasteiger partial charge in [-0.3, -0.25) is 25.2 Å². The van der Waals surface area contributed by atoms with Crippen LogP contribution in [0.25, 0.3) is 0 Å². The molecule has 1 saturated carbocycles. The van der Waals surface area contributed by atoms with Crippen LogP contribution in [0.3, 0.4) is 0 Å². The topological polar surface area (TPSA) is 78.5 Å². The van der Waals surface area contributed by atoms with Gasteiger partial charge in [0.15, 0.2) is 0 Å². The van der Waals surface area contributed by atoms with Crippen molar-refractivity contribution in [2.24, 2.45) is 5.92 Å². The van der Waals surface area contributed by atoms with Gasteiger partial charge in [-0.1, -0.05) is 6.42 Å². The zero-order valence-electron chi connectivity index (χ0n) is 14.2. The van der Waals surface area contributed by atoms with E-state index in [1.54, 1.807) is 0 Å². The summed E-state index contributed by atoms with van der Waals surface area (Å²) in [5.41, 5.74) is 6.30. The highest BCUT2D eigenvalue weighted by atomic mass is 32.1. The van der Waals surface area contributed by atoms with Crippen molar-refractivity contribution in [2.45, 2.75) is 57.4 Å². The summed E-state index contributed by atoms with van der Waals surface area (Å²) in [6, 6.07) is 2.29.